The van der Waals surface area contributed by atoms with Crippen LogP contribution in [0.15, 0.2) is 33.6 Å². The van der Waals surface area contributed by atoms with Crippen molar-refractivity contribution in [1.29, 1.82) is 0 Å². The zero-order chi connectivity index (χ0) is 14.8. The molecule has 0 unspecified atom stereocenters. The molecule has 0 aliphatic carbocycles. The van der Waals surface area contributed by atoms with Gasteiger partial charge in [-0.1, -0.05) is 22.0 Å². The first-order chi connectivity index (χ1) is 9.38. The van der Waals surface area contributed by atoms with Crippen molar-refractivity contribution in [3.8, 4) is 0 Å². The minimum Gasteiger partial charge on any atom is -0.340 e. The lowest BCUT2D eigenvalue weighted by atomic mass is 10.1. The molecule has 110 valence electrons. The first kappa shape index (κ1) is 15.5. The Hall–Kier alpha value is -0.920. The highest BCUT2D eigenvalue weighted by Crippen LogP contribution is 2.18. The number of carbonyl (C=O) groups excluding carboxylic acids is 1. The molecule has 0 aromatic heterocycles. The number of halogens is 1. The Bertz CT molecular complexity index is 603. The van der Waals surface area contributed by atoms with Gasteiger partial charge in [0.1, 0.15) is 5.75 Å². The van der Waals surface area contributed by atoms with Gasteiger partial charge in [-0.2, -0.15) is 0 Å². The molecule has 1 aromatic rings. The molecule has 5 nitrogen and oxygen atoms in total. The van der Waals surface area contributed by atoms with Crippen LogP contribution in [0.5, 0.6) is 0 Å². The predicted octanol–water partition coefficient (Wildman–Crippen LogP) is 1.17. The summed E-state index contributed by atoms with van der Waals surface area (Å²) in [4.78, 5) is 13.8. The first-order valence-corrected chi connectivity index (χ1v) is 8.85. The fourth-order valence-electron chi connectivity index (χ4n) is 2.23. The van der Waals surface area contributed by atoms with Crippen LogP contribution in [0.2, 0.25) is 0 Å². The average molecular weight is 361 g/mol. The van der Waals surface area contributed by atoms with E-state index >= 15 is 0 Å². The third-order valence-electron chi connectivity index (χ3n) is 3.28. The number of rotatable bonds is 3. The van der Waals surface area contributed by atoms with Crippen LogP contribution in [0.4, 0.5) is 0 Å². The maximum atomic E-state index is 12.2. The second kappa shape index (κ2) is 6.24. The largest absolute Gasteiger partial charge is 0.340 e. The number of sulfone groups is 1. The Morgan fingerprint density at radius 2 is 2.20 bits per heavy atom. The number of hydrogen-bond acceptors (Lipinski definition) is 4. The van der Waals surface area contributed by atoms with E-state index in [9.17, 15) is 13.2 Å². The zero-order valence-corrected chi connectivity index (χ0v) is 13.4. The summed E-state index contributed by atoms with van der Waals surface area (Å²) >= 11 is 3.23. The van der Waals surface area contributed by atoms with Crippen LogP contribution in [0.1, 0.15) is 12.8 Å². The normalized spacial score (nSPS) is 19.9. The van der Waals surface area contributed by atoms with Crippen molar-refractivity contribution in [2.24, 2.45) is 5.73 Å². The molecule has 7 heteroatoms. The van der Waals surface area contributed by atoms with Gasteiger partial charge in [0.2, 0.25) is 5.91 Å². The average Bonchev–Trinajstić information content (AvgIpc) is 2.38. The number of benzene rings is 1. The smallest absolute Gasteiger partial charge is 0.238 e. The molecule has 0 bridgehead atoms. The third-order valence-corrected chi connectivity index (χ3v) is 5.37. The number of nitrogens with two attached hydrogens (primary N) is 1. The van der Waals surface area contributed by atoms with E-state index in [1.807, 2.05) is 0 Å². The van der Waals surface area contributed by atoms with Gasteiger partial charge in [-0.05, 0) is 31.0 Å². The van der Waals surface area contributed by atoms with E-state index in [0.29, 0.717) is 17.6 Å². The van der Waals surface area contributed by atoms with E-state index in [2.05, 4.69) is 15.9 Å². The number of piperidine rings is 1. The zero-order valence-electron chi connectivity index (χ0n) is 11.0. The van der Waals surface area contributed by atoms with Crippen molar-refractivity contribution in [3.63, 3.8) is 0 Å². The quantitative estimate of drug-likeness (QED) is 0.877. The van der Waals surface area contributed by atoms with E-state index in [-0.39, 0.29) is 16.8 Å². The lowest BCUT2D eigenvalue weighted by molar-refractivity contribution is -0.129. The second-order valence-corrected chi connectivity index (χ2v) is 7.86. The van der Waals surface area contributed by atoms with Gasteiger partial charge >= 0.3 is 0 Å². The third kappa shape index (κ3) is 3.80. The topological polar surface area (TPSA) is 80.5 Å². The van der Waals surface area contributed by atoms with Crippen LogP contribution in [0.3, 0.4) is 0 Å². The van der Waals surface area contributed by atoms with E-state index < -0.39 is 15.6 Å². The summed E-state index contributed by atoms with van der Waals surface area (Å²) in [5.41, 5.74) is 5.81. The van der Waals surface area contributed by atoms with Crippen molar-refractivity contribution in [2.75, 3.05) is 18.8 Å². The van der Waals surface area contributed by atoms with Gasteiger partial charge in [-0.25, -0.2) is 8.42 Å². The van der Waals surface area contributed by atoms with E-state index in [1.54, 1.807) is 17.0 Å². The molecule has 1 saturated heterocycles. The monoisotopic (exact) mass is 360 g/mol. The molecule has 1 fully saturated rings. The minimum absolute atomic E-state index is 0.0544. The standard InChI is InChI=1S/C13H17BrN2O3S/c14-10-3-1-5-12(7-10)20(18,19)9-13(17)16-6-2-4-11(15)8-16/h1,3,5,7,11H,2,4,6,8-9,15H2/t11-/m1/s1. The minimum atomic E-state index is -3.61. The SMILES string of the molecule is N[C@@H]1CCCN(C(=O)CS(=O)(=O)c2cccc(Br)c2)C1. The molecule has 1 aliphatic rings. The summed E-state index contributed by atoms with van der Waals surface area (Å²) < 4.78 is 25.1. The summed E-state index contributed by atoms with van der Waals surface area (Å²) in [6, 6.07) is 6.32. The lowest BCUT2D eigenvalue weighted by Crippen LogP contribution is -2.47. The molecule has 1 heterocycles. The summed E-state index contributed by atoms with van der Waals surface area (Å²) in [6.07, 6.45) is 1.70. The molecule has 2 N–H and O–H groups in total. The van der Waals surface area contributed by atoms with Gasteiger partial charge in [0.25, 0.3) is 0 Å². The summed E-state index contributed by atoms with van der Waals surface area (Å²) in [7, 11) is -3.61. The number of hydrogen-bond donors (Lipinski definition) is 1. The van der Waals surface area contributed by atoms with Gasteiger partial charge in [-0.3, -0.25) is 4.79 Å². The summed E-state index contributed by atoms with van der Waals surface area (Å²) in [6.45, 7) is 1.02. The van der Waals surface area contributed by atoms with E-state index in [0.717, 1.165) is 12.8 Å². The van der Waals surface area contributed by atoms with Gasteiger partial charge in [0.05, 0.1) is 4.90 Å². The number of nitrogens with zero attached hydrogens (tertiary/aromatic N) is 1. The maximum Gasteiger partial charge on any atom is 0.238 e. The second-order valence-electron chi connectivity index (χ2n) is 4.96. The Morgan fingerprint density at radius 3 is 2.85 bits per heavy atom. The van der Waals surface area contributed by atoms with Crippen LogP contribution < -0.4 is 5.73 Å². The fraction of sp³-hybridized carbons (Fsp3) is 0.462. The van der Waals surface area contributed by atoms with Crippen LogP contribution >= 0.6 is 15.9 Å². The highest BCUT2D eigenvalue weighted by atomic mass is 79.9. The van der Waals surface area contributed by atoms with Crippen LogP contribution in [-0.2, 0) is 14.6 Å². The van der Waals surface area contributed by atoms with Gasteiger partial charge in [-0.15, -0.1) is 0 Å². The first-order valence-electron chi connectivity index (χ1n) is 6.40. The van der Waals surface area contributed by atoms with Crippen LogP contribution in [0.25, 0.3) is 0 Å². The molecule has 2 rings (SSSR count). The molecular weight excluding hydrogens is 344 g/mol. The Balaban J connectivity index is 2.10. The molecule has 0 spiro atoms. The number of likely N-dealkylation sites (tertiary alicyclic amines) is 1. The van der Waals surface area contributed by atoms with E-state index in [1.165, 1.54) is 12.1 Å². The summed E-state index contributed by atoms with van der Waals surface area (Å²) in [5, 5.41) is 0. The highest BCUT2D eigenvalue weighted by molar-refractivity contribution is 9.10. The van der Waals surface area contributed by atoms with Crippen molar-refractivity contribution in [1.82, 2.24) is 4.90 Å². The predicted molar refractivity (Wildman–Crippen MR) is 80.0 cm³/mol. The molecule has 20 heavy (non-hydrogen) atoms. The van der Waals surface area contributed by atoms with Crippen molar-refractivity contribution in [2.45, 2.75) is 23.8 Å². The fourth-order valence-corrected chi connectivity index (χ4v) is 4.05. The van der Waals surface area contributed by atoms with E-state index in [4.69, 9.17) is 5.73 Å². The van der Waals surface area contributed by atoms with Gasteiger partial charge in [0, 0.05) is 23.6 Å². The molecule has 1 amide bonds. The van der Waals surface area contributed by atoms with Gasteiger partial charge < -0.3 is 10.6 Å². The Labute approximate surface area is 127 Å². The number of amides is 1. The van der Waals surface area contributed by atoms with Crippen molar-refractivity contribution in [3.05, 3.63) is 28.7 Å². The van der Waals surface area contributed by atoms with Gasteiger partial charge in [0.15, 0.2) is 9.84 Å². The summed E-state index contributed by atoms with van der Waals surface area (Å²) in [5.74, 6) is -0.879. The van der Waals surface area contributed by atoms with Crippen molar-refractivity contribution < 1.29 is 13.2 Å². The molecule has 1 aliphatic heterocycles. The molecule has 0 saturated carbocycles. The Kier molecular flexibility index (Phi) is 4.82. The van der Waals surface area contributed by atoms with Crippen LogP contribution in [0, 0.1) is 0 Å². The molecule has 1 atom stereocenters. The lowest BCUT2D eigenvalue weighted by Gasteiger charge is -2.30. The molecular formula is C13H17BrN2O3S. The highest BCUT2D eigenvalue weighted by Gasteiger charge is 2.26. The van der Waals surface area contributed by atoms with Crippen molar-refractivity contribution >= 4 is 31.7 Å². The molecule has 0 radical (unpaired) electrons. The Morgan fingerprint density at radius 1 is 1.45 bits per heavy atom. The molecule has 1 aromatic carbocycles. The van der Waals surface area contributed by atoms with Crippen LogP contribution in [-0.4, -0.2) is 44.1 Å². The maximum absolute atomic E-state index is 12.2. The number of carbonyl (C=O) groups is 1.